The number of thioether (sulfide) groups is 1. The molecule has 7 rings (SSSR count). The van der Waals surface area contributed by atoms with E-state index in [0.29, 0.717) is 5.57 Å². The second kappa shape index (κ2) is 14.7. The van der Waals surface area contributed by atoms with Crippen molar-refractivity contribution in [2.24, 2.45) is 0 Å². The lowest BCUT2D eigenvalue weighted by Crippen LogP contribution is -2.09. The fourth-order valence-electron chi connectivity index (χ4n) is 5.56. The molecule has 1 heterocycles. The molecule has 1 aromatic heterocycles. The molecule has 0 atom stereocenters. The molecule has 0 saturated heterocycles. The van der Waals surface area contributed by atoms with E-state index in [-0.39, 0.29) is 0 Å². The molecule has 0 saturated carbocycles. The maximum atomic E-state index is 10.1. The molecule has 0 radical (unpaired) electrons. The first kappa shape index (κ1) is 30.8. The predicted octanol–water partition coefficient (Wildman–Crippen LogP) is 13.0. The summed E-state index contributed by atoms with van der Waals surface area (Å²) in [5.74, 6) is 0. The molecule has 0 aliphatic heterocycles. The van der Waals surface area contributed by atoms with Crippen LogP contribution in [0.3, 0.4) is 0 Å². The molecule has 230 valence electrons. The van der Waals surface area contributed by atoms with Crippen LogP contribution in [0.5, 0.6) is 0 Å². The molecule has 5 heteroatoms. The van der Waals surface area contributed by atoms with Crippen LogP contribution in [0.25, 0.3) is 16.0 Å². The average molecular weight is 654 g/mol. The third-order valence-corrected chi connectivity index (χ3v) is 9.93. The Balaban J connectivity index is 1.08. The van der Waals surface area contributed by atoms with Gasteiger partial charge in [0, 0.05) is 48.8 Å². The van der Waals surface area contributed by atoms with Crippen LogP contribution in [0.2, 0.25) is 0 Å². The zero-order valence-corrected chi connectivity index (χ0v) is 27.7. The molecule has 0 amide bonds. The number of allylic oxidation sites excluding steroid dienone is 1. The second-order valence-corrected chi connectivity index (χ2v) is 13.0. The van der Waals surface area contributed by atoms with Gasteiger partial charge in [-0.3, -0.25) is 0 Å². The Labute approximate surface area is 290 Å². The molecule has 48 heavy (non-hydrogen) atoms. The number of thiophene rings is 1. The van der Waals surface area contributed by atoms with Gasteiger partial charge in [-0.15, -0.1) is 11.3 Å². The Kier molecular flexibility index (Phi) is 9.47. The number of para-hydroxylation sites is 4. The Bertz CT molecular complexity index is 2060. The topological polar surface area (TPSA) is 30.3 Å². The van der Waals surface area contributed by atoms with E-state index < -0.39 is 0 Å². The average Bonchev–Trinajstić information content (AvgIpc) is 3.65. The highest BCUT2D eigenvalue weighted by Crippen LogP contribution is 2.39. The number of anilines is 6. The summed E-state index contributed by atoms with van der Waals surface area (Å²) in [7, 11) is 0. The largest absolute Gasteiger partial charge is 0.311 e. The number of hydrogen-bond acceptors (Lipinski definition) is 5. The maximum absolute atomic E-state index is 10.1. The van der Waals surface area contributed by atoms with E-state index in [1.54, 1.807) is 23.1 Å². The van der Waals surface area contributed by atoms with Crippen molar-refractivity contribution in [1.29, 1.82) is 5.26 Å². The van der Waals surface area contributed by atoms with Gasteiger partial charge in [-0.2, -0.15) is 5.26 Å². The van der Waals surface area contributed by atoms with Crippen molar-refractivity contribution in [2.75, 3.05) is 9.80 Å². The van der Waals surface area contributed by atoms with Gasteiger partial charge in [-0.05, 0) is 108 Å². The molecule has 0 fully saturated rings. The van der Waals surface area contributed by atoms with E-state index in [4.69, 9.17) is 0 Å². The van der Waals surface area contributed by atoms with Crippen LogP contribution < -0.4 is 9.80 Å². The van der Waals surface area contributed by atoms with Gasteiger partial charge in [-0.1, -0.05) is 96.7 Å². The van der Waals surface area contributed by atoms with Gasteiger partial charge in [0.1, 0.15) is 6.07 Å². The number of rotatable bonds is 10. The second-order valence-electron chi connectivity index (χ2n) is 11.0. The van der Waals surface area contributed by atoms with Crippen molar-refractivity contribution in [1.82, 2.24) is 0 Å². The lowest BCUT2D eigenvalue weighted by Gasteiger charge is -2.25. The first-order valence-corrected chi connectivity index (χ1v) is 17.3. The van der Waals surface area contributed by atoms with Crippen molar-refractivity contribution in [2.45, 2.75) is 4.90 Å². The summed E-state index contributed by atoms with van der Waals surface area (Å²) in [5.41, 5.74) is 8.36. The van der Waals surface area contributed by atoms with E-state index in [2.05, 4.69) is 168 Å². The summed E-state index contributed by atoms with van der Waals surface area (Å²) in [6.07, 6.45) is 0. The lowest BCUT2D eigenvalue weighted by atomic mass is 10.1. The molecule has 0 bridgehead atoms. The van der Waals surface area contributed by atoms with Crippen molar-refractivity contribution in [3.05, 3.63) is 192 Å². The molecule has 3 nitrogen and oxygen atoms in total. The van der Waals surface area contributed by atoms with Crippen molar-refractivity contribution in [3.8, 4) is 16.5 Å². The van der Waals surface area contributed by atoms with Crippen molar-refractivity contribution >= 4 is 62.8 Å². The summed E-state index contributed by atoms with van der Waals surface area (Å²) in [4.78, 5) is 7.65. The normalized spacial score (nSPS) is 11.1. The smallest absolute Gasteiger partial charge is 0.101 e. The standard InChI is InChI=1S/C43H31N3S2/c44-31-34(32-47-41-27-25-40(26-28-41)46(37-17-9-3-10-18-37)38-19-11-4-12-20-38)43-30-29-42(48-43)33-21-23-39(24-22-33)45(35-13-5-1-6-14-35)36-15-7-2-8-16-36/h1-30,32H/b34-32+. The molecule has 0 unspecified atom stereocenters. The zero-order chi connectivity index (χ0) is 32.5. The Hall–Kier alpha value is -5.80. The summed E-state index contributed by atoms with van der Waals surface area (Å²) < 4.78 is 0. The summed E-state index contributed by atoms with van der Waals surface area (Å²) in [6.45, 7) is 0. The Morgan fingerprint density at radius 2 is 0.875 bits per heavy atom. The molecular weight excluding hydrogens is 623 g/mol. The van der Waals surface area contributed by atoms with Crippen LogP contribution in [0.4, 0.5) is 34.1 Å². The number of hydrogen-bond donors (Lipinski definition) is 0. The van der Waals surface area contributed by atoms with Gasteiger partial charge >= 0.3 is 0 Å². The molecule has 0 spiro atoms. The molecule has 7 aromatic rings. The number of nitriles is 1. The highest BCUT2D eigenvalue weighted by atomic mass is 32.2. The van der Waals surface area contributed by atoms with Crippen LogP contribution in [0, 0.1) is 11.3 Å². The third kappa shape index (κ3) is 6.96. The number of benzene rings is 6. The summed E-state index contributed by atoms with van der Waals surface area (Å²) >= 11 is 3.20. The van der Waals surface area contributed by atoms with Crippen LogP contribution in [-0.2, 0) is 0 Å². The van der Waals surface area contributed by atoms with E-state index >= 15 is 0 Å². The maximum Gasteiger partial charge on any atom is 0.101 e. The van der Waals surface area contributed by atoms with Crippen molar-refractivity contribution in [3.63, 3.8) is 0 Å². The van der Waals surface area contributed by atoms with Crippen LogP contribution in [0.1, 0.15) is 4.88 Å². The van der Waals surface area contributed by atoms with Crippen LogP contribution >= 0.6 is 23.1 Å². The highest BCUT2D eigenvalue weighted by molar-refractivity contribution is 8.02. The molecule has 0 aliphatic rings. The summed E-state index contributed by atoms with van der Waals surface area (Å²) in [6, 6.07) is 65.3. The minimum Gasteiger partial charge on any atom is -0.311 e. The van der Waals surface area contributed by atoms with E-state index in [0.717, 1.165) is 54.3 Å². The lowest BCUT2D eigenvalue weighted by molar-refractivity contribution is 1.27. The quantitative estimate of drug-likeness (QED) is 0.109. The van der Waals surface area contributed by atoms with Crippen LogP contribution in [0.15, 0.2) is 192 Å². The molecule has 0 N–H and O–H groups in total. The van der Waals surface area contributed by atoms with Gasteiger partial charge in [0.2, 0.25) is 0 Å². The Morgan fingerprint density at radius 1 is 0.479 bits per heavy atom. The fraction of sp³-hybridized carbons (Fsp3) is 0. The van der Waals surface area contributed by atoms with Gasteiger partial charge in [0.05, 0.1) is 5.57 Å². The van der Waals surface area contributed by atoms with Crippen molar-refractivity contribution < 1.29 is 0 Å². The minimum atomic E-state index is 0.659. The van der Waals surface area contributed by atoms with Gasteiger partial charge in [0.25, 0.3) is 0 Å². The van der Waals surface area contributed by atoms with Gasteiger partial charge in [-0.25, -0.2) is 0 Å². The SMILES string of the molecule is N#C/C(=C\Sc1ccc(N(c2ccccc2)c2ccccc2)cc1)c1ccc(-c2ccc(N(c3ccccc3)c3ccccc3)cc2)s1. The fourth-order valence-corrected chi connectivity index (χ4v) is 7.33. The molecular formula is C43H31N3S2. The number of nitrogens with zero attached hydrogens (tertiary/aromatic N) is 3. The van der Waals surface area contributed by atoms with Gasteiger partial charge < -0.3 is 9.80 Å². The van der Waals surface area contributed by atoms with Crippen LogP contribution in [-0.4, -0.2) is 0 Å². The monoisotopic (exact) mass is 653 g/mol. The van der Waals surface area contributed by atoms with E-state index in [1.165, 1.54) is 0 Å². The predicted molar refractivity (Wildman–Crippen MR) is 205 cm³/mol. The Morgan fingerprint density at radius 3 is 1.29 bits per heavy atom. The minimum absolute atomic E-state index is 0.659. The molecule has 0 aliphatic carbocycles. The zero-order valence-electron chi connectivity index (χ0n) is 26.1. The van der Waals surface area contributed by atoms with Gasteiger partial charge in [0.15, 0.2) is 0 Å². The molecule has 6 aromatic carbocycles. The third-order valence-electron chi connectivity index (χ3n) is 7.87. The first-order chi connectivity index (χ1) is 23.8. The van der Waals surface area contributed by atoms with E-state index in [1.807, 2.05) is 35.7 Å². The summed E-state index contributed by atoms with van der Waals surface area (Å²) in [5, 5.41) is 12.0. The first-order valence-electron chi connectivity index (χ1n) is 15.6. The van der Waals surface area contributed by atoms with E-state index in [9.17, 15) is 5.26 Å². The highest BCUT2D eigenvalue weighted by Gasteiger charge is 2.14.